The fraction of sp³-hybridized carbons (Fsp3) is 0. The molecule has 0 fully saturated rings. The Hall–Kier alpha value is -1.91. The molecule has 0 amide bonds. The number of aldehydes is 1. The molecule has 0 unspecified atom stereocenters. The maximum absolute atomic E-state index is 13.1. The lowest BCUT2D eigenvalue weighted by Gasteiger charge is -1.91. The lowest BCUT2D eigenvalue weighted by atomic mass is 10.2. The van der Waals surface area contributed by atoms with Crippen molar-refractivity contribution in [2.45, 2.75) is 0 Å². The number of rotatable bonds is 1. The van der Waals surface area contributed by atoms with Crippen molar-refractivity contribution in [3.05, 3.63) is 34.1 Å². The van der Waals surface area contributed by atoms with Gasteiger partial charge in [0.25, 0.3) is 0 Å². The van der Waals surface area contributed by atoms with Crippen LogP contribution in [0.2, 0.25) is 0 Å². The van der Waals surface area contributed by atoms with Gasteiger partial charge in [0.1, 0.15) is 11.8 Å². The monoisotopic (exact) mass is 181 g/mol. The fourth-order valence-electron chi connectivity index (χ4n) is 1.10. The van der Waals surface area contributed by atoms with Crippen LogP contribution in [0.4, 0.5) is 4.39 Å². The molecule has 0 aliphatic heterocycles. The first kappa shape index (κ1) is 7.72. The van der Waals surface area contributed by atoms with Crippen LogP contribution in [0, 0.1) is 5.82 Å². The summed E-state index contributed by atoms with van der Waals surface area (Å²) in [6, 6.07) is 2.32. The summed E-state index contributed by atoms with van der Waals surface area (Å²) in [7, 11) is 0. The predicted octanol–water partition coefficient (Wildman–Crippen LogP) is 1.07. The summed E-state index contributed by atoms with van der Waals surface area (Å²) in [5.41, 5.74) is 0.162. The molecular weight excluding hydrogens is 177 g/mol. The van der Waals surface area contributed by atoms with Gasteiger partial charge in [-0.1, -0.05) is 0 Å². The number of carbonyl (C=O) groups excluding carboxylic acids is 1. The predicted molar refractivity (Wildman–Crippen MR) is 42.2 cm³/mol. The number of oxazole rings is 1. The molecule has 0 saturated heterocycles. The largest absolute Gasteiger partial charge is 0.417 e. The number of aromatic amines is 1. The number of hydrogen-bond acceptors (Lipinski definition) is 3. The van der Waals surface area contributed by atoms with Crippen molar-refractivity contribution >= 4 is 17.4 Å². The van der Waals surface area contributed by atoms with Crippen molar-refractivity contribution < 1.29 is 13.6 Å². The van der Waals surface area contributed by atoms with Gasteiger partial charge in [0.2, 0.25) is 0 Å². The topological polar surface area (TPSA) is 63.1 Å². The van der Waals surface area contributed by atoms with Crippen molar-refractivity contribution in [2.75, 3.05) is 0 Å². The average molecular weight is 181 g/mol. The summed E-state index contributed by atoms with van der Waals surface area (Å²) in [6.45, 7) is 0. The quantitative estimate of drug-likeness (QED) is 0.669. The Labute approximate surface area is 71.0 Å². The summed E-state index contributed by atoms with van der Waals surface area (Å²) in [5, 5.41) is 0. The molecule has 1 aromatic carbocycles. The molecule has 2 rings (SSSR count). The number of aromatic nitrogens is 1. The van der Waals surface area contributed by atoms with Gasteiger partial charge in [-0.15, -0.1) is 0 Å². The van der Waals surface area contributed by atoms with E-state index in [0.29, 0.717) is 6.29 Å². The zero-order valence-electron chi connectivity index (χ0n) is 6.33. The van der Waals surface area contributed by atoms with Gasteiger partial charge in [-0.3, -0.25) is 9.78 Å². The van der Waals surface area contributed by atoms with Crippen molar-refractivity contribution in [3.8, 4) is 0 Å². The standard InChI is InChI=1S/C8H4FNO3/c9-5-1-4(3-11)2-6-7(5)10-8(12)13-6/h1-3H,(H,10,12). The van der Waals surface area contributed by atoms with E-state index in [1.807, 2.05) is 0 Å². The molecule has 66 valence electrons. The highest BCUT2D eigenvalue weighted by atomic mass is 19.1. The number of H-pyrrole nitrogens is 1. The van der Waals surface area contributed by atoms with Crippen LogP contribution >= 0.6 is 0 Å². The molecule has 0 bridgehead atoms. The van der Waals surface area contributed by atoms with Gasteiger partial charge in [0, 0.05) is 5.56 Å². The van der Waals surface area contributed by atoms with Crippen LogP contribution in [0.3, 0.4) is 0 Å². The summed E-state index contributed by atoms with van der Waals surface area (Å²) >= 11 is 0. The molecule has 0 saturated carbocycles. The first-order valence-electron chi connectivity index (χ1n) is 3.48. The molecule has 0 aliphatic carbocycles. The van der Waals surface area contributed by atoms with Crippen LogP contribution in [0.25, 0.3) is 11.1 Å². The highest BCUT2D eigenvalue weighted by Crippen LogP contribution is 2.15. The van der Waals surface area contributed by atoms with E-state index in [9.17, 15) is 14.0 Å². The second-order valence-corrected chi connectivity index (χ2v) is 2.51. The lowest BCUT2D eigenvalue weighted by Crippen LogP contribution is -1.93. The Kier molecular flexibility index (Phi) is 1.51. The summed E-state index contributed by atoms with van der Waals surface area (Å²) in [4.78, 5) is 23.1. The summed E-state index contributed by atoms with van der Waals surface area (Å²) < 4.78 is 17.6. The van der Waals surface area contributed by atoms with Crippen molar-refractivity contribution in [1.29, 1.82) is 0 Å². The minimum Gasteiger partial charge on any atom is -0.408 e. The van der Waals surface area contributed by atoms with Crippen LogP contribution < -0.4 is 5.76 Å². The summed E-state index contributed by atoms with van der Waals surface area (Å²) in [6.07, 6.45) is 0.482. The first-order chi connectivity index (χ1) is 6.20. The van der Waals surface area contributed by atoms with Crippen LogP contribution in [0.15, 0.2) is 21.3 Å². The Bertz CT molecular complexity index is 526. The van der Waals surface area contributed by atoms with E-state index in [4.69, 9.17) is 0 Å². The first-order valence-corrected chi connectivity index (χ1v) is 3.48. The minimum absolute atomic E-state index is 0.0180. The Morgan fingerprint density at radius 3 is 2.92 bits per heavy atom. The maximum atomic E-state index is 13.1. The Balaban J connectivity index is 2.90. The van der Waals surface area contributed by atoms with Crippen LogP contribution in [-0.2, 0) is 0 Å². The van der Waals surface area contributed by atoms with E-state index in [2.05, 4.69) is 9.40 Å². The third-order valence-electron chi connectivity index (χ3n) is 1.64. The zero-order valence-corrected chi connectivity index (χ0v) is 6.33. The summed E-state index contributed by atoms with van der Waals surface area (Å²) in [5.74, 6) is -1.41. The Morgan fingerprint density at radius 1 is 1.46 bits per heavy atom. The fourth-order valence-corrected chi connectivity index (χ4v) is 1.10. The molecule has 5 heteroatoms. The van der Waals surface area contributed by atoms with Gasteiger partial charge in [0.05, 0.1) is 0 Å². The van der Waals surface area contributed by atoms with Crippen molar-refractivity contribution in [3.63, 3.8) is 0 Å². The molecule has 2 aromatic rings. The molecule has 0 spiro atoms. The number of benzene rings is 1. The Morgan fingerprint density at radius 2 is 2.23 bits per heavy atom. The third kappa shape index (κ3) is 1.14. The van der Waals surface area contributed by atoms with E-state index in [1.54, 1.807) is 0 Å². The molecule has 1 heterocycles. The SMILES string of the molecule is O=Cc1cc(F)c2[nH]c(=O)oc2c1. The van der Waals surface area contributed by atoms with E-state index < -0.39 is 11.6 Å². The number of hydrogen-bond donors (Lipinski definition) is 1. The molecule has 0 aliphatic rings. The maximum Gasteiger partial charge on any atom is 0.417 e. The van der Waals surface area contributed by atoms with Crippen LogP contribution in [-0.4, -0.2) is 11.3 Å². The van der Waals surface area contributed by atoms with Gasteiger partial charge in [-0.05, 0) is 12.1 Å². The van der Waals surface area contributed by atoms with Crippen LogP contribution in [0.1, 0.15) is 10.4 Å². The third-order valence-corrected chi connectivity index (χ3v) is 1.64. The van der Waals surface area contributed by atoms with Crippen molar-refractivity contribution in [1.82, 2.24) is 4.98 Å². The number of carbonyl (C=O) groups is 1. The van der Waals surface area contributed by atoms with E-state index >= 15 is 0 Å². The smallest absolute Gasteiger partial charge is 0.408 e. The average Bonchev–Trinajstić information content (AvgIpc) is 2.46. The van der Waals surface area contributed by atoms with Gasteiger partial charge in [0.15, 0.2) is 11.4 Å². The molecule has 1 aromatic heterocycles. The van der Waals surface area contributed by atoms with Crippen molar-refractivity contribution in [2.24, 2.45) is 0 Å². The van der Waals surface area contributed by atoms with E-state index in [-0.39, 0.29) is 16.7 Å². The van der Waals surface area contributed by atoms with E-state index in [0.717, 1.165) is 6.07 Å². The molecule has 4 nitrogen and oxygen atoms in total. The van der Waals surface area contributed by atoms with Gasteiger partial charge < -0.3 is 4.42 Å². The molecule has 1 N–H and O–H groups in total. The number of fused-ring (bicyclic) bond motifs is 1. The molecular formula is C8H4FNO3. The zero-order chi connectivity index (χ0) is 9.42. The second kappa shape index (κ2) is 2.55. The second-order valence-electron chi connectivity index (χ2n) is 2.51. The molecule has 13 heavy (non-hydrogen) atoms. The minimum atomic E-state index is -0.739. The normalized spacial score (nSPS) is 10.5. The lowest BCUT2D eigenvalue weighted by molar-refractivity contribution is 0.112. The van der Waals surface area contributed by atoms with Gasteiger partial charge >= 0.3 is 5.76 Å². The molecule has 0 atom stereocenters. The van der Waals surface area contributed by atoms with E-state index in [1.165, 1.54) is 6.07 Å². The highest BCUT2D eigenvalue weighted by molar-refractivity contribution is 5.83. The number of halogens is 1. The van der Waals surface area contributed by atoms with Crippen LogP contribution in [0.5, 0.6) is 0 Å². The molecule has 0 radical (unpaired) electrons. The van der Waals surface area contributed by atoms with Gasteiger partial charge in [-0.2, -0.15) is 0 Å². The highest BCUT2D eigenvalue weighted by Gasteiger charge is 2.07. The number of nitrogens with one attached hydrogen (secondary N) is 1. The van der Waals surface area contributed by atoms with Gasteiger partial charge in [-0.25, -0.2) is 9.18 Å².